The highest BCUT2D eigenvalue weighted by atomic mass is 16.1. The number of ketones is 1. The summed E-state index contributed by atoms with van der Waals surface area (Å²) in [7, 11) is 0. The lowest BCUT2D eigenvalue weighted by molar-refractivity contribution is 0.0983. The number of carbonyl (C=O) groups is 1. The van der Waals surface area contributed by atoms with E-state index < -0.39 is 0 Å². The van der Waals surface area contributed by atoms with Crippen molar-refractivity contribution in [2.24, 2.45) is 0 Å². The fraction of sp³-hybridized carbons (Fsp3) is 0.200. The normalized spacial score (nSPS) is 9.55. The van der Waals surface area contributed by atoms with Crippen molar-refractivity contribution >= 4 is 5.78 Å². The lowest BCUT2D eigenvalue weighted by atomic mass is 10.1. The van der Waals surface area contributed by atoms with Crippen LogP contribution in [-0.2, 0) is 0 Å². The topological polar surface area (TPSA) is 17.1 Å². The van der Waals surface area contributed by atoms with E-state index in [1.807, 2.05) is 30.3 Å². The molecule has 1 aromatic rings. The SMILES string of the molecule is [CH2]CCC(=O)c1ccccc1. The molecular weight excluding hydrogens is 136 g/mol. The van der Waals surface area contributed by atoms with Gasteiger partial charge in [-0.15, -0.1) is 0 Å². The second-order valence-electron chi connectivity index (χ2n) is 2.39. The molecule has 1 heteroatoms. The highest BCUT2D eigenvalue weighted by Crippen LogP contribution is 2.03. The second-order valence-corrected chi connectivity index (χ2v) is 2.39. The third kappa shape index (κ3) is 2.19. The van der Waals surface area contributed by atoms with E-state index in [1.54, 1.807) is 0 Å². The van der Waals surface area contributed by atoms with Crippen LogP contribution in [0.15, 0.2) is 30.3 Å². The number of hydrogen-bond donors (Lipinski definition) is 0. The van der Waals surface area contributed by atoms with Crippen LogP contribution < -0.4 is 0 Å². The van der Waals surface area contributed by atoms with Gasteiger partial charge in [0, 0.05) is 12.0 Å². The largest absolute Gasteiger partial charge is 0.294 e. The molecule has 0 atom stereocenters. The predicted molar refractivity (Wildman–Crippen MR) is 45.4 cm³/mol. The highest BCUT2D eigenvalue weighted by molar-refractivity contribution is 5.95. The highest BCUT2D eigenvalue weighted by Gasteiger charge is 2.01. The first-order valence-electron chi connectivity index (χ1n) is 3.72. The molecule has 0 aliphatic rings. The van der Waals surface area contributed by atoms with Crippen LogP contribution in [0.2, 0.25) is 0 Å². The molecule has 0 aromatic heterocycles. The molecule has 1 nitrogen and oxygen atoms in total. The van der Waals surface area contributed by atoms with E-state index in [-0.39, 0.29) is 5.78 Å². The summed E-state index contributed by atoms with van der Waals surface area (Å²) in [6.07, 6.45) is 1.22. The van der Waals surface area contributed by atoms with Gasteiger partial charge in [-0.05, 0) is 6.42 Å². The first kappa shape index (κ1) is 7.99. The van der Waals surface area contributed by atoms with Gasteiger partial charge in [-0.2, -0.15) is 0 Å². The van der Waals surface area contributed by atoms with Crippen molar-refractivity contribution in [3.05, 3.63) is 42.8 Å². The molecule has 0 saturated heterocycles. The van der Waals surface area contributed by atoms with E-state index in [9.17, 15) is 4.79 Å². The Kier molecular flexibility index (Phi) is 2.84. The van der Waals surface area contributed by atoms with E-state index in [0.717, 1.165) is 5.56 Å². The molecule has 11 heavy (non-hydrogen) atoms. The molecule has 1 rings (SSSR count). The Bertz CT molecular complexity index is 226. The second kappa shape index (κ2) is 3.91. The lowest BCUT2D eigenvalue weighted by Crippen LogP contribution is -1.96. The van der Waals surface area contributed by atoms with E-state index in [2.05, 4.69) is 6.92 Å². The molecule has 1 aromatic carbocycles. The van der Waals surface area contributed by atoms with Gasteiger partial charge < -0.3 is 0 Å². The zero-order valence-corrected chi connectivity index (χ0v) is 6.42. The van der Waals surface area contributed by atoms with Crippen LogP contribution in [0, 0.1) is 6.92 Å². The Labute approximate surface area is 67.1 Å². The minimum atomic E-state index is 0.181. The smallest absolute Gasteiger partial charge is 0.162 e. The van der Waals surface area contributed by atoms with Gasteiger partial charge in [0.25, 0.3) is 0 Å². The third-order valence-electron chi connectivity index (χ3n) is 1.50. The van der Waals surface area contributed by atoms with Crippen LogP contribution in [0.5, 0.6) is 0 Å². The van der Waals surface area contributed by atoms with Gasteiger partial charge in [0.1, 0.15) is 0 Å². The number of hydrogen-bond acceptors (Lipinski definition) is 1. The molecule has 0 saturated carbocycles. The van der Waals surface area contributed by atoms with Gasteiger partial charge in [0.05, 0.1) is 0 Å². The summed E-state index contributed by atoms with van der Waals surface area (Å²) < 4.78 is 0. The molecule has 0 fully saturated rings. The molecule has 0 heterocycles. The molecule has 1 radical (unpaired) electrons. The molecule has 0 aliphatic heterocycles. The van der Waals surface area contributed by atoms with Crippen molar-refractivity contribution in [2.45, 2.75) is 12.8 Å². The Morgan fingerprint density at radius 1 is 1.27 bits per heavy atom. The van der Waals surface area contributed by atoms with Crippen molar-refractivity contribution < 1.29 is 4.79 Å². The summed E-state index contributed by atoms with van der Waals surface area (Å²) in [5.74, 6) is 0.181. The average molecular weight is 147 g/mol. The first-order chi connectivity index (χ1) is 5.34. The maximum Gasteiger partial charge on any atom is 0.162 e. The van der Waals surface area contributed by atoms with E-state index in [4.69, 9.17) is 0 Å². The van der Waals surface area contributed by atoms with Crippen LogP contribution in [0.25, 0.3) is 0 Å². The molecule has 0 N–H and O–H groups in total. The van der Waals surface area contributed by atoms with Crippen molar-refractivity contribution in [3.8, 4) is 0 Å². The van der Waals surface area contributed by atoms with Gasteiger partial charge in [0.2, 0.25) is 0 Å². The maximum atomic E-state index is 11.2. The van der Waals surface area contributed by atoms with E-state index >= 15 is 0 Å². The minimum Gasteiger partial charge on any atom is -0.294 e. The zero-order valence-electron chi connectivity index (χ0n) is 6.42. The van der Waals surface area contributed by atoms with Crippen LogP contribution in [0.3, 0.4) is 0 Å². The van der Waals surface area contributed by atoms with Crippen molar-refractivity contribution in [2.75, 3.05) is 0 Å². The number of rotatable bonds is 3. The maximum absolute atomic E-state index is 11.2. The van der Waals surface area contributed by atoms with Crippen LogP contribution in [0.4, 0.5) is 0 Å². The number of carbonyl (C=O) groups excluding carboxylic acids is 1. The quantitative estimate of drug-likeness (QED) is 0.600. The summed E-state index contributed by atoms with van der Waals surface area (Å²) in [4.78, 5) is 11.2. The Balaban J connectivity index is 2.69. The lowest BCUT2D eigenvalue weighted by Gasteiger charge is -1.96. The molecule has 0 bridgehead atoms. The van der Waals surface area contributed by atoms with Crippen molar-refractivity contribution in [3.63, 3.8) is 0 Å². The fourth-order valence-corrected chi connectivity index (χ4v) is 0.929. The molecule has 0 amide bonds. The summed E-state index contributed by atoms with van der Waals surface area (Å²) in [5.41, 5.74) is 0.788. The van der Waals surface area contributed by atoms with E-state index in [0.29, 0.717) is 12.8 Å². The average Bonchev–Trinajstić information content (AvgIpc) is 2.07. The Morgan fingerprint density at radius 2 is 1.91 bits per heavy atom. The predicted octanol–water partition coefficient (Wildman–Crippen LogP) is 2.48. The van der Waals surface area contributed by atoms with Gasteiger partial charge in [-0.25, -0.2) is 0 Å². The van der Waals surface area contributed by atoms with Crippen LogP contribution in [0.1, 0.15) is 23.2 Å². The van der Waals surface area contributed by atoms with Gasteiger partial charge in [-0.3, -0.25) is 4.79 Å². The molecule has 0 spiro atoms. The van der Waals surface area contributed by atoms with Gasteiger partial charge >= 0.3 is 0 Å². The number of benzene rings is 1. The zero-order chi connectivity index (χ0) is 8.10. The standard InChI is InChI=1S/C10H11O/c1-2-6-10(11)9-7-4-3-5-8-9/h3-5,7-8H,1-2,6H2. The monoisotopic (exact) mass is 147 g/mol. The van der Waals surface area contributed by atoms with Crippen LogP contribution in [-0.4, -0.2) is 5.78 Å². The van der Waals surface area contributed by atoms with E-state index in [1.165, 1.54) is 0 Å². The van der Waals surface area contributed by atoms with Crippen LogP contribution >= 0.6 is 0 Å². The summed E-state index contributed by atoms with van der Waals surface area (Å²) >= 11 is 0. The first-order valence-corrected chi connectivity index (χ1v) is 3.72. The summed E-state index contributed by atoms with van der Waals surface area (Å²) in [6.45, 7) is 3.63. The summed E-state index contributed by atoms with van der Waals surface area (Å²) in [5, 5.41) is 0. The van der Waals surface area contributed by atoms with Crippen molar-refractivity contribution in [1.29, 1.82) is 0 Å². The summed E-state index contributed by atoms with van der Waals surface area (Å²) in [6, 6.07) is 9.31. The molecule has 0 aliphatic carbocycles. The van der Waals surface area contributed by atoms with Gasteiger partial charge in [-0.1, -0.05) is 37.3 Å². The number of Topliss-reactive ketones (excluding diaryl/α,β-unsaturated/α-hetero) is 1. The Hall–Kier alpha value is -1.11. The minimum absolute atomic E-state index is 0.181. The van der Waals surface area contributed by atoms with Crippen molar-refractivity contribution in [1.82, 2.24) is 0 Å². The Morgan fingerprint density at radius 3 is 2.45 bits per heavy atom. The third-order valence-corrected chi connectivity index (χ3v) is 1.50. The molecular formula is C10H11O. The molecule has 0 unspecified atom stereocenters. The molecule has 57 valence electrons. The van der Waals surface area contributed by atoms with Gasteiger partial charge in [0.15, 0.2) is 5.78 Å². The fourth-order valence-electron chi connectivity index (χ4n) is 0.929.